The second-order valence-corrected chi connectivity index (χ2v) is 7.59. The standard InChI is InChI=1S/C18H27F2N/c1-18(2,3)14-7-5-13(6-8-14)17(21)11-12-4-9-15(19)16(20)10-12/h4,9-10,13-14,17H,5-8,11,21H2,1-3H3. The van der Waals surface area contributed by atoms with Crippen LogP contribution in [0.3, 0.4) is 0 Å². The second-order valence-electron chi connectivity index (χ2n) is 7.59. The van der Waals surface area contributed by atoms with Crippen LogP contribution in [0.25, 0.3) is 0 Å². The van der Waals surface area contributed by atoms with Crippen molar-refractivity contribution in [2.75, 3.05) is 0 Å². The lowest BCUT2D eigenvalue weighted by molar-refractivity contribution is 0.139. The van der Waals surface area contributed by atoms with E-state index in [4.69, 9.17) is 5.73 Å². The molecular formula is C18H27F2N. The van der Waals surface area contributed by atoms with E-state index in [0.29, 0.717) is 17.8 Å². The highest BCUT2D eigenvalue weighted by molar-refractivity contribution is 5.19. The zero-order valence-electron chi connectivity index (χ0n) is 13.3. The molecule has 1 aromatic rings. The van der Waals surface area contributed by atoms with Crippen LogP contribution in [0.5, 0.6) is 0 Å². The van der Waals surface area contributed by atoms with Crippen LogP contribution in [0, 0.1) is 28.9 Å². The Morgan fingerprint density at radius 3 is 2.24 bits per heavy atom. The maximum Gasteiger partial charge on any atom is 0.159 e. The molecule has 1 atom stereocenters. The summed E-state index contributed by atoms with van der Waals surface area (Å²) in [6.45, 7) is 6.91. The first kappa shape index (κ1) is 16.4. The number of halogens is 2. The van der Waals surface area contributed by atoms with E-state index in [0.717, 1.165) is 24.3 Å². The summed E-state index contributed by atoms with van der Waals surface area (Å²) in [5.74, 6) is -0.310. The van der Waals surface area contributed by atoms with E-state index in [1.54, 1.807) is 6.07 Å². The summed E-state index contributed by atoms with van der Waals surface area (Å²) >= 11 is 0. The van der Waals surface area contributed by atoms with Crippen LogP contribution >= 0.6 is 0 Å². The number of nitrogens with two attached hydrogens (primary N) is 1. The van der Waals surface area contributed by atoms with Crippen molar-refractivity contribution < 1.29 is 8.78 Å². The van der Waals surface area contributed by atoms with Crippen molar-refractivity contribution in [3.05, 3.63) is 35.4 Å². The number of hydrogen-bond acceptors (Lipinski definition) is 1. The lowest BCUT2D eigenvalue weighted by Gasteiger charge is -2.38. The zero-order valence-corrected chi connectivity index (χ0v) is 13.3. The SMILES string of the molecule is CC(C)(C)C1CCC(C(N)Cc2ccc(F)c(F)c2)CC1. The zero-order chi connectivity index (χ0) is 15.6. The Hall–Kier alpha value is -0.960. The van der Waals surface area contributed by atoms with Gasteiger partial charge in [0.2, 0.25) is 0 Å². The summed E-state index contributed by atoms with van der Waals surface area (Å²) < 4.78 is 26.2. The summed E-state index contributed by atoms with van der Waals surface area (Å²) in [5.41, 5.74) is 7.47. The minimum Gasteiger partial charge on any atom is -0.327 e. The summed E-state index contributed by atoms with van der Waals surface area (Å²) in [6, 6.07) is 4.14. The monoisotopic (exact) mass is 295 g/mol. The predicted molar refractivity (Wildman–Crippen MR) is 82.9 cm³/mol. The first-order valence-electron chi connectivity index (χ1n) is 7.97. The van der Waals surface area contributed by atoms with Gasteiger partial charge in [-0.1, -0.05) is 26.8 Å². The first-order valence-corrected chi connectivity index (χ1v) is 7.97. The largest absolute Gasteiger partial charge is 0.327 e. The van der Waals surface area contributed by atoms with Gasteiger partial charge in [0.1, 0.15) is 0 Å². The topological polar surface area (TPSA) is 26.0 Å². The van der Waals surface area contributed by atoms with Gasteiger partial charge in [0.05, 0.1) is 0 Å². The average Bonchev–Trinajstić information content (AvgIpc) is 2.42. The van der Waals surface area contributed by atoms with Gasteiger partial charge in [0.25, 0.3) is 0 Å². The molecule has 0 aliphatic heterocycles. The molecule has 3 heteroatoms. The van der Waals surface area contributed by atoms with Crippen molar-refractivity contribution in [1.82, 2.24) is 0 Å². The van der Waals surface area contributed by atoms with Crippen molar-refractivity contribution in [1.29, 1.82) is 0 Å². The molecule has 0 saturated heterocycles. The third kappa shape index (κ3) is 4.26. The number of benzene rings is 1. The summed E-state index contributed by atoms with van der Waals surface area (Å²) in [6.07, 6.45) is 5.36. The molecule has 0 amide bonds. The Morgan fingerprint density at radius 1 is 1.10 bits per heavy atom. The van der Waals surface area contributed by atoms with E-state index in [1.165, 1.54) is 25.0 Å². The van der Waals surface area contributed by atoms with Gasteiger partial charge in [0.15, 0.2) is 11.6 Å². The van der Waals surface area contributed by atoms with E-state index >= 15 is 0 Å². The van der Waals surface area contributed by atoms with Crippen molar-refractivity contribution in [2.24, 2.45) is 23.0 Å². The fourth-order valence-electron chi connectivity index (χ4n) is 3.52. The third-order valence-electron chi connectivity index (χ3n) is 5.06. The van der Waals surface area contributed by atoms with Crippen LogP contribution in [-0.2, 0) is 6.42 Å². The van der Waals surface area contributed by atoms with Crippen LogP contribution in [0.15, 0.2) is 18.2 Å². The molecule has 0 radical (unpaired) electrons. The van der Waals surface area contributed by atoms with E-state index in [-0.39, 0.29) is 6.04 Å². The van der Waals surface area contributed by atoms with E-state index in [2.05, 4.69) is 20.8 Å². The highest BCUT2D eigenvalue weighted by atomic mass is 19.2. The van der Waals surface area contributed by atoms with Crippen LogP contribution in [0.4, 0.5) is 8.78 Å². The van der Waals surface area contributed by atoms with E-state index in [1.807, 2.05) is 0 Å². The molecule has 1 aliphatic carbocycles. The first-order chi connectivity index (χ1) is 9.77. The summed E-state index contributed by atoms with van der Waals surface area (Å²) in [4.78, 5) is 0. The fourth-order valence-corrected chi connectivity index (χ4v) is 3.52. The molecule has 0 heterocycles. The molecule has 1 aromatic carbocycles. The van der Waals surface area contributed by atoms with Gasteiger partial charge in [-0.3, -0.25) is 0 Å². The number of rotatable bonds is 3. The highest BCUT2D eigenvalue weighted by Gasteiger charge is 2.31. The van der Waals surface area contributed by atoms with Crippen molar-refractivity contribution in [2.45, 2.75) is 58.9 Å². The maximum atomic E-state index is 13.2. The normalized spacial score (nSPS) is 24.9. The van der Waals surface area contributed by atoms with Gasteiger partial charge in [-0.2, -0.15) is 0 Å². The second kappa shape index (κ2) is 6.43. The smallest absolute Gasteiger partial charge is 0.159 e. The third-order valence-corrected chi connectivity index (χ3v) is 5.06. The Bertz CT molecular complexity index is 471. The Morgan fingerprint density at radius 2 is 1.71 bits per heavy atom. The predicted octanol–water partition coefficient (Wildman–Crippen LogP) is 4.69. The minimum atomic E-state index is -0.794. The van der Waals surface area contributed by atoms with Crippen molar-refractivity contribution >= 4 is 0 Å². The van der Waals surface area contributed by atoms with E-state index in [9.17, 15) is 8.78 Å². The molecule has 1 nitrogen and oxygen atoms in total. The Balaban J connectivity index is 1.90. The average molecular weight is 295 g/mol. The van der Waals surface area contributed by atoms with Gasteiger partial charge < -0.3 is 5.73 Å². The van der Waals surface area contributed by atoms with Gasteiger partial charge in [-0.25, -0.2) is 8.78 Å². The highest BCUT2D eigenvalue weighted by Crippen LogP contribution is 2.40. The Kier molecular flexibility index (Phi) is 5.03. The van der Waals surface area contributed by atoms with Gasteiger partial charge in [-0.15, -0.1) is 0 Å². The van der Waals surface area contributed by atoms with Crippen molar-refractivity contribution in [3.8, 4) is 0 Å². The molecular weight excluding hydrogens is 268 g/mol. The molecule has 1 aliphatic rings. The van der Waals surface area contributed by atoms with Gasteiger partial charge in [-0.05, 0) is 67.1 Å². The molecule has 118 valence electrons. The van der Waals surface area contributed by atoms with Crippen LogP contribution in [0.2, 0.25) is 0 Å². The van der Waals surface area contributed by atoms with Gasteiger partial charge in [0, 0.05) is 6.04 Å². The van der Waals surface area contributed by atoms with Gasteiger partial charge >= 0.3 is 0 Å². The van der Waals surface area contributed by atoms with Crippen LogP contribution in [0.1, 0.15) is 52.0 Å². The lowest BCUT2D eigenvalue weighted by Crippen LogP contribution is -2.36. The number of hydrogen-bond donors (Lipinski definition) is 1. The van der Waals surface area contributed by atoms with Crippen LogP contribution in [-0.4, -0.2) is 6.04 Å². The quantitative estimate of drug-likeness (QED) is 0.860. The minimum absolute atomic E-state index is 0.0378. The fraction of sp³-hybridized carbons (Fsp3) is 0.667. The molecule has 1 unspecified atom stereocenters. The Labute approximate surface area is 126 Å². The lowest BCUT2D eigenvalue weighted by atomic mass is 9.68. The van der Waals surface area contributed by atoms with Crippen molar-refractivity contribution in [3.63, 3.8) is 0 Å². The summed E-state index contributed by atoms with van der Waals surface area (Å²) in [7, 11) is 0. The van der Waals surface area contributed by atoms with Crippen LogP contribution < -0.4 is 5.73 Å². The molecule has 1 saturated carbocycles. The molecule has 21 heavy (non-hydrogen) atoms. The molecule has 0 aromatic heterocycles. The molecule has 0 bridgehead atoms. The maximum absolute atomic E-state index is 13.2. The molecule has 1 fully saturated rings. The van der Waals surface area contributed by atoms with E-state index < -0.39 is 11.6 Å². The molecule has 0 spiro atoms. The summed E-state index contributed by atoms with van der Waals surface area (Å²) in [5, 5.41) is 0. The molecule has 2 N–H and O–H groups in total. The molecule has 2 rings (SSSR count).